The van der Waals surface area contributed by atoms with Gasteiger partial charge in [0.15, 0.2) is 11.5 Å². The molecule has 0 bridgehead atoms. The molecule has 0 atom stereocenters. The number of benzene rings is 3. The fourth-order valence-electron chi connectivity index (χ4n) is 3.01. The predicted molar refractivity (Wildman–Crippen MR) is 106 cm³/mol. The SMILES string of the molecule is CC(C)Cc1cc(Cc2ccc(Oc3ccccc3)cc2)c(O)c(O)c1O. The van der Waals surface area contributed by atoms with Crippen molar-refractivity contribution < 1.29 is 20.1 Å². The molecule has 0 aliphatic rings. The first-order valence-electron chi connectivity index (χ1n) is 9.01. The van der Waals surface area contributed by atoms with E-state index >= 15 is 0 Å². The van der Waals surface area contributed by atoms with Crippen LogP contribution in [-0.4, -0.2) is 15.3 Å². The highest BCUT2D eigenvalue weighted by atomic mass is 16.5. The Labute approximate surface area is 159 Å². The Kier molecular flexibility index (Phi) is 5.55. The maximum Gasteiger partial charge on any atom is 0.200 e. The van der Waals surface area contributed by atoms with Crippen LogP contribution < -0.4 is 4.74 Å². The maximum atomic E-state index is 10.2. The first kappa shape index (κ1) is 18.6. The molecule has 140 valence electrons. The second-order valence-electron chi connectivity index (χ2n) is 7.07. The molecule has 4 heteroatoms. The van der Waals surface area contributed by atoms with Gasteiger partial charge in [-0.05, 0) is 53.8 Å². The molecular formula is C23H24O4. The van der Waals surface area contributed by atoms with Crippen LogP contribution in [0, 0.1) is 5.92 Å². The summed E-state index contributed by atoms with van der Waals surface area (Å²) in [6, 6.07) is 18.9. The van der Waals surface area contributed by atoms with E-state index in [1.165, 1.54) is 0 Å². The molecule has 0 fully saturated rings. The van der Waals surface area contributed by atoms with Crippen molar-refractivity contribution >= 4 is 0 Å². The van der Waals surface area contributed by atoms with E-state index in [1.54, 1.807) is 6.07 Å². The molecule has 3 aromatic carbocycles. The number of hydrogen-bond donors (Lipinski definition) is 3. The van der Waals surface area contributed by atoms with Crippen LogP contribution in [0.4, 0.5) is 0 Å². The summed E-state index contributed by atoms with van der Waals surface area (Å²) >= 11 is 0. The van der Waals surface area contributed by atoms with Gasteiger partial charge in [-0.15, -0.1) is 0 Å². The Morgan fingerprint density at radius 1 is 0.741 bits per heavy atom. The van der Waals surface area contributed by atoms with E-state index in [1.807, 2.05) is 68.4 Å². The van der Waals surface area contributed by atoms with Gasteiger partial charge < -0.3 is 20.1 Å². The van der Waals surface area contributed by atoms with E-state index < -0.39 is 5.75 Å². The number of phenols is 3. The van der Waals surface area contributed by atoms with Crippen LogP contribution in [0.5, 0.6) is 28.7 Å². The second kappa shape index (κ2) is 8.04. The van der Waals surface area contributed by atoms with Crippen molar-refractivity contribution in [2.45, 2.75) is 26.7 Å². The van der Waals surface area contributed by atoms with Gasteiger partial charge in [-0.1, -0.05) is 44.2 Å². The minimum absolute atomic E-state index is 0.239. The Morgan fingerprint density at radius 3 is 1.96 bits per heavy atom. The molecular weight excluding hydrogens is 340 g/mol. The monoisotopic (exact) mass is 364 g/mol. The second-order valence-corrected chi connectivity index (χ2v) is 7.07. The molecule has 27 heavy (non-hydrogen) atoms. The van der Waals surface area contributed by atoms with Gasteiger partial charge in [-0.25, -0.2) is 0 Å². The molecule has 0 aromatic heterocycles. The Morgan fingerprint density at radius 2 is 1.33 bits per heavy atom. The highest BCUT2D eigenvalue weighted by Gasteiger charge is 2.17. The van der Waals surface area contributed by atoms with Crippen molar-refractivity contribution in [3.8, 4) is 28.7 Å². The van der Waals surface area contributed by atoms with Crippen LogP contribution in [0.15, 0.2) is 60.7 Å². The van der Waals surface area contributed by atoms with Gasteiger partial charge in [0, 0.05) is 12.0 Å². The molecule has 0 radical (unpaired) electrons. The molecule has 3 aromatic rings. The molecule has 0 aliphatic carbocycles. The van der Waals surface area contributed by atoms with Crippen LogP contribution in [0.1, 0.15) is 30.5 Å². The molecule has 0 unspecified atom stereocenters. The zero-order valence-corrected chi connectivity index (χ0v) is 15.5. The third-order valence-electron chi connectivity index (χ3n) is 4.33. The van der Waals surface area contributed by atoms with Crippen LogP contribution >= 0.6 is 0 Å². The molecule has 0 saturated heterocycles. The minimum atomic E-state index is -0.452. The van der Waals surface area contributed by atoms with Crippen molar-refractivity contribution in [3.63, 3.8) is 0 Å². The Hall–Kier alpha value is -3.14. The summed E-state index contributed by atoms with van der Waals surface area (Å²) in [6.07, 6.45) is 1.06. The standard InChI is InChI=1S/C23H24O4/c1-15(2)12-17-14-18(22(25)23(26)21(17)24)13-16-8-10-20(11-9-16)27-19-6-4-3-5-7-19/h3-11,14-15,24-26H,12-13H2,1-2H3. The van der Waals surface area contributed by atoms with E-state index in [-0.39, 0.29) is 11.5 Å². The summed E-state index contributed by atoms with van der Waals surface area (Å²) in [6.45, 7) is 4.07. The van der Waals surface area contributed by atoms with E-state index in [0.717, 1.165) is 17.1 Å². The van der Waals surface area contributed by atoms with E-state index in [2.05, 4.69) is 0 Å². The van der Waals surface area contributed by atoms with Crippen molar-refractivity contribution in [2.24, 2.45) is 5.92 Å². The van der Waals surface area contributed by atoms with Gasteiger partial charge in [0.05, 0.1) is 0 Å². The fraction of sp³-hybridized carbons (Fsp3) is 0.217. The highest BCUT2D eigenvalue weighted by molar-refractivity contribution is 5.58. The molecule has 0 heterocycles. The quantitative estimate of drug-likeness (QED) is 0.513. The van der Waals surface area contributed by atoms with Crippen LogP contribution in [0.2, 0.25) is 0 Å². The van der Waals surface area contributed by atoms with E-state index in [0.29, 0.717) is 29.9 Å². The van der Waals surface area contributed by atoms with Gasteiger partial charge in [0.25, 0.3) is 0 Å². The zero-order valence-electron chi connectivity index (χ0n) is 15.5. The molecule has 0 saturated carbocycles. The summed E-state index contributed by atoms with van der Waals surface area (Å²) in [4.78, 5) is 0. The largest absolute Gasteiger partial charge is 0.504 e. The first-order valence-corrected chi connectivity index (χ1v) is 9.01. The number of hydrogen-bond acceptors (Lipinski definition) is 4. The third kappa shape index (κ3) is 4.53. The lowest BCUT2D eigenvalue weighted by Crippen LogP contribution is -1.98. The Bertz CT molecular complexity index is 900. The van der Waals surface area contributed by atoms with Gasteiger partial charge >= 0.3 is 0 Å². The van der Waals surface area contributed by atoms with Crippen molar-refractivity contribution in [2.75, 3.05) is 0 Å². The molecule has 4 nitrogen and oxygen atoms in total. The van der Waals surface area contributed by atoms with E-state index in [4.69, 9.17) is 4.74 Å². The van der Waals surface area contributed by atoms with Crippen molar-refractivity contribution in [1.82, 2.24) is 0 Å². The Balaban J connectivity index is 1.79. The van der Waals surface area contributed by atoms with Gasteiger partial charge in [-0.3, -0.25) is 0 Å². The lowest BCUT2D eigenvalue weighted by molar-refractivity contribution is 0.361. The third-order valence-corrected chi connectivity index (χ3v) is 4.33. The molecule has 3 rings (SSSR count). The number of phenolic OH excluding ortho intramolecular Hbond substituents is 3. The van der Waals surface area contributed by atoms with Crippen molar-refractivity contribution in [1.29, 1.82) is 0 Å². The summed E-state index contributed by atoms with van der Waals surface area (Å²) in [5.41, 5.74) is 2.18. The van der Waals surface area contributed by atoms with Gasteiger partial charge in [-0.2, -0.15) is 0 Å². The molecule has 0 aliphatic heterocycles. The summed E-state index contributed by atoms with van der Waals surface area (Å²) < 4.78 is 5.78. The van der Waals surface area contributed by atoms with E-state index in [9.17, 15) is 15.3 Å². The van der Waals surface area contributed by atoms with Gasteiger partial charge in [0.2, 0.25) is 5.75 Å². The summed E-state index contributed by atoms with van der Waals surface area (Å²) in [7, 11) is 0. The predicted octanol–water partition coefficient (Wildman–Crippen LogP) is 5.39. The minimum Gasteiger partial charge on any atom is -0.504 e. The normalized spacial score (nSPS) is 10.9. The molecule has 0 amide bonds. The highest BCUT2D eigenvalue weighted by Crippen LogP contribution is 2.42. The first-order chi connectivity index (χ1) is 12.9. The smallest absolute Gasteiger partial charge is 0.200 e. The maximum absolute atomic E-state index is 10.2. The topological polar surface area (TPSA) is 69.9 Å². The van der Waals surface area contributed by atoms with Crippen LogP contribution in [0.3, 0.4) is 0 Å². The average Bonchev–Trinajstić information content (AvgIpc) is 2.66. The fourth-order valence-corrected chi connectivity index (χ4v) is 3.01. The molecule has 0 spiro atoms. The zero-order chi connectivity index (χ0) is 19.4. The number of para-hydroxylation sites is 1. The van der Waals surface area contributed by atoms with Gasteiger partial charge in [0.1, 0.15) is 11.5 Å². The number of ether oxygens (including phenoxy) is 1. The number of rotatable bonds is 6. The average molecular weight is 364 g/mol. The van der Waals surface area contributed by atoms with Crippen molar-refractivity contribution in [3.05, 3.63) is 77.4 Å². The lowest BCUT2D eigenvalue weighted by Gasteiger charge is -2.14. The summed E-state index contributed by atoms with van der Waals surface area (Å²) in [5.74, 6) is 0.850. The number of aromatic hydroxyl groups is 3. The lowest BCUT2D eigenvalue weighted by atomic mass is 9.95. The molecule has 3 N–H and O–H groups in total. The van der Waals surface area contributed by atoms with Crippen LogP contribution in [-0.2, 0) is 12.8 Å². The summed E-state index contributed by atoms with van der Waals surface area (Å²) in [5, 5.41) is 30.3. The van der Waals surface area contributed by atoms with Crippen LogP contribution in [0.25, 0.3) is 0 Å².